The van der Waals surface area contributed by atoms with Crippen molar-refractivity contribution in [3.63, 3.8) is 0 Å². The Hall–Kier alpha value is -2.34. The predicted molar refractivity (Wildman–Crippen MR) is 116 cm³/mol. The first-order chi connectivity index (χ1) is 14.8. The fourth-order valence-corrected chi connectivity index (χ4v) is 7.17. The van der Waals surface area contributed by atoms with Gasteiger partial charge < -0.3 is 19.3 Å². The van der Waals surface area contributed by atoms with Gasteiger partial charge in [0.25, 0.3) is 0 Å². The third-order valence-corrected chi connectivity index (χ3v) is 8.39. The topological polar surface area (TPSA) is 67.6 Å². The van der Waals surface area contributed by atoms with Crippen LogP contribution < -0.4 is 0 Å². The van der Waals surface area contributed by atoms with Crippen LogP contribution in [0.4, 0.5) is 4.79 Å². The van der Waals surface area contributed by atoms with Crippen molar-refractivity contribution in [2.45, 2.75) is 57.8 Å². The molecule has 2 aliphatic heterocycles. The number of benzene rings is 1. The zero-order valence-corrected chi connectivity index (χ0v) is 18.5. The largest absolute Gasteiger partial charge is 0.444 e. The van der Waals surface area contributed by atoms with Crippen molar-refractivity contribution >= 4 is 6.09 Å². The summed E-state index contributed by atoms with van der Waals surface area (Å²) >= 11 is 0. The molecule has 6 nitrogen and oxygen atoms in total. The van der Waals surface area contributed by atoms with Gasteiger partial charge in [0.1, 0.15) is 5.60 Å². The van der Waals surface area contributed by atoms with Crippen LogP contribution in [0, 0.1) is 23.2 Å². The van der Waals surface area contributed by atoms with Gasteiger partial charge in [-0.15, -0.1) is 0 Å². The Balaban J connectivity index is 1.25. The fourth-order valence-electron chi connectivity index (χ4n) is 7.17. The van der Waals surface area contributed by atoms with Crippen molar-refractivity contribution in [1.82, 2.24) is 14.5 Å². The number of nitrogens with zero attached hydrogens (tertiary/aromatic N) is 3. The molecule has 6 heteroatoms. The molecule has 1 saturated heterocycles. The Morgan fingerprint density at radius 3 is 2.58 bits per heavy atom. The molecule has 4 aliphatic rings. The third kappa shape index (κ3) is 2.60. The van der Waals surface area contributed by atoms with Crippen LogP contribution in [0.25, 0.3) is 11.3 Å². The smallest absolute Gasteiger partial charge is 0.410 e. The number of hydrogen-bond donors (Lipinski definition) is 1. The Morgan fingerprint density at radius 2 is 1.90 bits per heavy atom. The van der Waals surface area contributed by atoms with Gasteiger partial charge >= 0.3 is 6.09 Å². The summed E-state index contributed by atoms with van der Waals surface area (Å²) in [4.78, 5) is 19.0. The van der Waals surface area contributed by atoms with E-state index in [1.807, 2.05) is 38.2 Å². The van der Waals surface area contributed by atoms with Gasteiger partial charge in [0, 0.05) is 30.0 Å². The monoisotopic (exact) mass is 421 g/mol. The first kappa shape index (κ1) is 19.4. The molecule has 2 unspecified atom stereocenters. The van der Waals surface area contributed by atoms with Crippen LogP contribution in [0.1, 0.15) is 51.6 Å². The number of piperidine rings is 1. The number of ether oxygens (including phenoxy) is 1. The molecule has 6 rings (SSSR count). The lowest BCUT2D eigenvalue weighted by Crippen LogP contribution is -2.65. The molecule has 2 bridgehead atoms. The minimum Gasteiger partial charge on any atom is -0.444 e. The van der Waals surface area contributed by atoms with E-state index in [1.54, 1.807) is 0 Å². The number of aromatic nitrogens is 2. The summed E-state index contributed by atoms with van der Waals surface area (Å²) in [6, 6.07) is 8.67. The molecule has 5 atom stereocenters. The van der Waals surface area contributed by atoms with Crippen molar-refractivity contribution in [2.75, 3.05) is 13.1 Å². The van der Waals surface area contributed by atoms with Gasteiger partial charge in [-0.1, -0.05) is 24.3 Å². The van der Waals surface area contributed by atoms with Crippen molar-refractivity contribution in [1.29, 1.82) is 0 Å². The lowest BCUT2D eigenvalue weighted by atomic mass is 9.48. The second kappa shape index (κ2) is 6.35. The molecule has 0 radical (unpaired) electrons. The Kier molecular flexibility index (Phi) is 3.96. The lowest BCUT2D eigenvalue weighted by molar-refractivity contribution is -0.194. The first-order valence-electron chi connectivity index (χ1n) is 11.6. The van der Waals surface area contributed by atoms with Crippen LogP contribution >= 0.6 is 0 Å². The zero-order valence-electron chi connectivity index (χ0n) is 18.5. The maximum absolute atomic E-state index is 12.7. The zero-order chi connectivity index (χ0) is 21.5. The number of hydrogen-bond acceptors (Lipinski definition) is 4. The highest BCUT2D eigenvalue weighted by Gasteiger charge is 2.67. The fraction of sp³-hybridized carbons (Fsp3) is 0.600. The van der Waals surface area contributed by atoms with Gasteiger partial charge in [-0.05, 0) is 57.4 Å². The minimum atomic E-state index is -0.481. The molecule has 31 heavy (non-hydrogen) atoms. The van der Waals surface area contributed by atoms with E-state index in [0.717, 1.165) is 25.0 Å². The van der Waals surface area contributed by atoms with Crippen molar-refractivity contribution in [3.05, 3.63) is 42.4 Å². The summed E-state index contributed by atoms with van der Waals surface area (Å²) in [6.45, 7) is 7.14. The standard InChI is InChI=1S/C25H31N3O3/c1-24(2,3)31-23(30)27-12-15-8-9-16(13-27)25(15)10-19(22(25)29)21-18-7-5-4-6-17(18)20-11-26-14-28(20)21/h4-7,11,14-16,19,21-22,29H,8-10,12-13H2,1-3H3/t15?,16?,19-,21+,22+,25?/m1/s1. The van der Waals surface area contributed by atoms with E-state index < -0.39 is 5.60 Å². The van der Waals surface area contributed by atoms with Crippen molar-refractivity contribution in [3.8, 4) is 11.3 Å². The number of likely N-dealkylation sites (tertiary alicyclic amines) is 1. The molecular formula is C25H31N3O3. The van der Waals surface area contributed by atoms with E-state index in [2.05, 4.69) is 33.8 Å². The van der Waals surface area contributed by atoms with E-state index in [1.165, 1.54) is 11.1 Å². The molecule has 1 aromatic carbocycles. The second-order valence-corrected chi connectivity index (χ2v) is 11.0. The molecule has 164 valence electrons. The molecule has 1 N–H and O–H groups in total. The number of carbonyl (C=O) groups is 1. The molecule has 3 fully saturated rings. The van der Waals surface area contributed by atoms with E-state index in [-0.39, 0.29) is 29.6 Å². The van der Waals surface area contributed by atoms with E-state index in [0.29, 0.717) is 24.9 Å². The van der Waals surface area contributed by atoms with Gasteiger partial charge in [-0.25, -0.2) is 9.78 Å². The summed E-state index contributed by atoms with van der Waals surface area (Å²) in [6.07, 6.45) is 6.48. The highest BCUT2D eigenvalue weighted by molar-refractivity contribution is 5.70. The number of rotatable bonds is 1. The van der Waals surface area contributed by atoms with Crippen molar-refractivity contribution in [2.24, 2.45) is 23.2 Å². The van der Waals surface area contributed by atoms with E-state index >= 15 is 0 Å². The summed E-state index contributed by atoms with van der Waals surface area (Å²) in [5, 5.41) is 11.7. The Bertz CT molecular complexity index is 1020. The summed E-state index contributed by atoms with van der Waals surface area (Å²) in [5.41, 5.74) is 3.15. The molecule has 2 aromatic rings. The highest BCUT2D eigenvalue weighted by Crippen LogP contribution is 2.67. The van der Waals surface area contributed by atoms with Crippen LogP contribution in [-0.4, -0.2) is 50.4 Å². The van der Waals surface area contributed by atoms with Gasteiger partial charge in [0.15, 0.2) is 0 Å². The minimum absolute atomic E-state index is 0.0541. The molecule has 1 aromatic heterocycles. The average Bonchev–Trinajstić information content (AvgIpc) is 3.35. The van der Waals surface area contributed by atoms with Gasteiger partial charge in [-0.3, -0.25) is 0 Å². The summed E-state index contributed by atoms with van der Waals surface area (Å²) in [5.74, 6) is 0.889. The predicted octanol–water partition coefficient (Wildman–Crippen LogP) is 4.10. The summed E-state index contributed by atoms with van der Waals surface area (Å²) in [7, 11) is 0. The van der Waals surface area contributed by atoms with Crippen molar-refractivity contribution < 1.29 is 14.6 Å². The molecule has 2 aliphatic carbocycles. The molecule has 1 spiro atoms. The molecule has 1 amide bonds. The SMILES string of the molecule is CC(C)(C)OC(=O)N1CC2CCC(C1)C21C[C@H]([C@@H]2c3ccccc3-c3cncn32)[C@@H]1O. The summed E-state index contributed by atoms with van der Waals surface area (Å²) < 4.78 is 7.89. The normalized spacial score (nSPS) is 35.6. The maximum atomic E-state index is 12.7. The Morgan fingerprint density at radius 1 is 1.19 bits per heavy atom. The molecule has 3 heterocycles. The third-order valence-electron chi connectivity index (χ3n) is 8.39. The number of aliphatic hydroxyl groups excluding tert-OH is 1. The van der Waals surface area contributed by atoms with Crippen LogP contribution in [0.2, 0.25) is 0 Å². The maximum Gasteiger partial charge on any atom is 0.410 e. The highest BCUT2D eigenvalue weighted by atomic mass is 16.6. The van der Waals surface area contributed by atoms with E-state index in [9.17, 15) is 9.90 Å². The quantitative estimate of drug-likeness (QED) is 0.753. The molecular weight excluding hydrogens is 390 g/mol. The molecule has 2 saturated carbocycles. The average molecular weight is 422 g/mol. The first-order valence-corrected chi connectivity index (χ1v) is 11.6. The van der Waals surface area contributed by atoms with Gasteiger partial charge in [0.2, 0.25) is 0 Å². The second-order valence-electron chi connectivity index (χ2n) is 11.0. The van der Waals surface area contributed by atoms with Crippen LogP contribution in [0.5, 0.6) is 0 Å². The van der Waals surface area contributed by atoms with Gasteiger partial charge in [0.05, 0.1) is 30.4 Å². The number of imidazole rings is 1. The lowest BCUT2D eigenvalue weighted by Gasteiger charge is -2.61. The van der Waals surface area contributed by atoms with Crippen LogP contribution in [0.15, 0.2) is 36.8 Å². The Labute approximate surface area is 183 Å². The number of amides is 1. The number of carbonyl (C=O) groups excluding carboxylic acids is 1. The number of aliphatic hydroxyl groups is 1. The van der Waals surface area contributed by atoms with Gasteiger partial charge in [-0.2, -0.15) is 0 Å². The van der Waals surface area contributed by atoms with Crippen LogP contribution in [-0.2, 0) is 4.74 Å². The van der Waals surface area contributed by atoms with Crippen LogP contribution in [0.3, 0.4) is 0 Å². The van der Waals surface area contributed by atoms with E-state index in [4.69, 9.17) is 4.74 Å². The number of fused-ring (bicyclic) bond motifs is 3.